The maximum atomic E-state index is 12.7. The monoisotopic (exact) mass is 501 g/mol. The van der Waals surface area contributed by atoms with Gasteiger partial charge >= 0.3 is 0 Å². The van der Waals surface area contributed by atoms with Crippen LogP contribution in [0.25, 0.3) is 28.2 Å². The van der Waals surface area contributed by atoms with E-state index in [-0.39, 0.29) is 18.4 Å². The zero-order valence-electron chi connectivity index (χ0n) is 19.4. The molecule has 0 saturated carbocycles. The van der Waals surface area contributed by atoms with E-state index in [0.29, 0.717) is 53.9 Å². The second-order valence-corrected chi connectivity index (χ2v) is 8.78. The number of hydrogen-bond acceptors (Lipinski definition) is 5. The SMILES string of the molecule is O=C(/C=C/c1ccccn1)NCc1cc2cc(-c3ccc(C(=O)N4CCOCC4)cc3)cc(Cl)c2o1. The van der Waals surface area contributed by atoms with Crippen LogP contribution < -0.4 is 5.32 Å². The van der Waals surface area contributed by atoms with Gasteiger partial charge in [0.05, 0.1) is 30.5 Å². The minimum atomic E-state index is -0.250. The van der Waals surface area contributed by atoms with E-state index in [1.54, 1.807) is 12.3 Å². The Bertz CT molecular complexity index is 1410. The van der Waals surface area contributed by atoms with Gasteiger partial charge in [0.15, 0.2) is 5.58 Å². The van der Waals surface area contributed by atoms with E-state index in [2.05, 4.69) is 10.3 Å². The number of carbonyl (C=O) groups excluding carboxylic acids is 2. The van der Waals surface area contributed by atoms with E-state index in [9.17, 15) is 9.59 Å². The Balaban J connectivity index is 1.27. The number of ether oxygens (including phenoxy) is 1. The lowest BCUT2D eigenvalue weighted by atomic mass is 10.0. The van der Waals surface area contributed by atoms with Gasteiger partial charge in [-0.05, 0) is 59.7 Å². The van der Waals surface area contributed by atoms with Gasteiger partial charge in [0, 0.05) is 36.3 Å². The number of nitrogens with one attached hydrogen (secondary N) is 1. The number of hydrogen-bond donors (Lipinski definition) is 1. The smallest absolute Gasteiger partial charge is 0.254 e. The first-order valence-corrected chi connectivity index (χ1v) is 12.0. The molecule has 0 atom stereocenters. The van der Waals surface area contributed by atoms with Crippen molar-refractivity contribution in [1.82, 2.24) is 15.2 Å². The van der Waals surface area contributed by atoms with Gasteiger partial charge in [0.1, 0.15) is 5.76 Å². The van der Waals surface area contributed by atoms with Crippen molar-refractivity contribution in [3.8, 4) is 11.1 Å². The van der Waals surface area contributed by atoms with Gasteiger partial charge in [-0.1, -0.05) is 29.8 Å². The number of fused-ring (bicyclic) bond motifs is 1. The third kappa shape index (κ3) is 5.48. The fraction of sp³-hybridized carbons (Fsp3) is 0.179. The molecule has 182 valence electrons. The molecule has 1 aliphatic heterocycles. The van der Waals surface area contributed by atoms with E-state index in [0.717, 1.165) is 16.5 Å². The number of furan rings is 1. The van der Waals surface area contributed by atoms with E-state index in [1.807, 2.05) is 65.6 Å². The molecule has 0 radical (unpaired) electrons. The van der Waals surface area contributed by atoms with Gasteiger partial charge in [-0.3, -0.25) is 14.6 Å². The van der Waals surface area contributed by atoms with Gasteiger partial charge in [-0.25, -0.2) is 0 Å². The molecule has 3 heterocycles. The topological polar surface area (TPSA) is 84.7 Å². The van der Waals surface area contributed by atoms with Crippen LogP contribution in [-0.2, 0) is 16.1 Å². The Hall–Kier alpha value is -3.94. The average molecular weight is 502 g/mol. The molecule has 8 heteroatoms. The first kappa shape index (κ1) is 23.8. The number of benzene rings is 2. The number of pyridine rings is 1. The molecule has 5 rings (SSSR count). The number of carbonyl (C=O) groups is 2. The molecule has 2 aromatic heterocycles. The maximum Gasteiger partial charge on any atom is 0.254 e. The van der Waals surface area contributed by atoms with Crippen molar-refractivity contribution in [2.24, 2.45) is 0 Å². The Labute approximate surface area is 213 Å². The van der Waals surface area contributed by atoms with Crippen LogP contribution in [0, 0.1) is 0 Å². The normalized spacial score (nSPS) is 13.9. The maximum absolute atomic E-state index is 12.7. The lowest BCUT2D eigenvalue weighted by molar-refractivity contribution is -0.116. The average Bonchev–Trinajstić information content (AvgIpc) is 3.35. The molecule has 36 heavy (non-hydrogen) atoms. The van der Waals surface area contributed by atoms with Gasteiger partial charge in [0.25, 0.3) is 5.91 Å². The molecular weight excluding hydrogens is 478 g/mol. The summed E-state index contributed by atoms with van der Waals surface area (Å²) in [5.41, 5.74) is 3.76. The van der Waals surface area contributed by atoms with E-state index < -0.39 is 0 Å². The lowest BCUT2D eigenvalue weighted by Gasteiger charge is -2.26. The second kappa shape index (κ2) is 10.8. The number of halogens is 1. The number of amides is 2. The summed E-state index contributed by atoms with van der Waals surface area (Å²) < 4.78 is 11.2. The number of aromatic nitrogens is 1. The predicted molar refractivity (Wildman–Crippen MR) is 139 cm³/mol. The van der Waals surface area contributed by atoms with Crippen molar-refractivity contribution in [3.63, 3.8) is 0 Å². The Kier molecular flexibility index (Phi) is 7.11. The molecule has 1 aliphatic rings. The second-order valence-electron chi connectivity index (χ2n) is 8.38. The van der Waals surface area contributed by atoms with Gasteiger partial charge in [-0.2, -0.15) is 0 Å². The summed E-state index contributed by atoms with van der Waals surface area (Å²) in [7, 11) is 0. The summed E-state index contributed by atoms with van der Waals surface area (Å²) in [6, 6.07) is 18.7. The highest BCUT2D eigenvalue weighted by molar-refractivity contribution is 6.35. The molecule has 2 aromatic carbocycles. The summed E-state index contributed by atoms with van der Waals surface area (Å²) in [6.45, 7) is 2.58. The van der Waals surface area contributed by atoms with E-state index in [1.165, 1.54) is 6.08 Å². The molecule has 1 saturated heterocycles. The molecule has 1 N–H and O–H groups in total. The third-order valence-corrected chi connectivity index (χ3v) is 6.20. The van der Waals surface area contributed by atoms with Crippen molar-refractivity contribution >= 4 is 40.5 Å². The molecule has 7 nitrogen and oxygen atoms in total. The predicted octanol–water partition coefficient (Wildman–Crippen LogP) is 4.95. The fourth-order valence-corrected chi connectivity index (χ4v) is 4.31. The standard InChI is InChI=1S/C28H24ClN3O4/c29-25-17-21(19-4-6-20(7-5-19)28(34)32-11-13-35-14-12-32)15-22-16-24(36-27(22)25)18-31-26(33)9-8-23-3-1-2-10-30-23/h1-10,15-17H,11-14,18H2,(H,31,33)/b9-8+. The molecule has 1 fully saturated rings. The first-order valence-electron chi connectivity index (χ1n) is 11.6. The van der Waals surface area contributed by atoms with Crippen LogP contribution in [0.1, 0.15) is 21.8 Å². The minimum Gasteiger partial charge on any atom is -0.458 e. The summed E-state index contributed by atoms with van der Waals surface area (Å²) >= 11 is 6.52. The number of morpholine rings is 1. The molecule has 0 bridgehead atoms. The largest absolute Gasteiger partial charge is 0.458 e. The first-order chi connectivity index (χ1) is 17.6. The molecule has 0 spiro atoms. The molecule has 2 amide bonds. The Morgan fingerprint density at radius 1 is 1.03 bits per heavy atom. The van der Waals surface area contributed by atoms with Crippen LogP contribution in [0.3, 0.4) is 0 Å². The van der Waals surface area contributed by atoms with Crippen LogP contribution in [-0.4, -0.2) is 48.0 Å². The van der Waals surface area contributed by atoms with Crippen molar-refractivity contribution < 1.29 is 18.7 Å². The summed E-state index contributed by atoms with van der Waals surface area (Å²) in [5, 5.41) is 4.11. The highest BCUT2D eigenvalue weighted by Crippen LogP contribution is 2.33. The molecule has 0 aliphatic carbocycles. The van der Waals surface area contributed by atoms with Crippen LogP contribution in [0.2, 0.25) is 5.02 Å². The lowest BCUT2D eigenvalue weighted by Crippen LogP contribution is -2.40. The minimum absolute atomic E-state index is 0.00901. The Morgan fingerprint density at radius 2 is 1.83 bits per heavy atom. The van der Waals surface area contributed by atoms with Crippen LogP contribution >= 0.6 is 11.6 Å². The van der Waals surface area contributed by atoms with Gasteiger partial charge in [-0.15, -0.1) is 0 Å². The number of nitrogens with zero attached hydrogens (tertiary/aromatic N) is 2. The summed E-state index contributed by atoms with van der Waals surface area (Å²) in [6.07, 6.45) is 4.75. The molecular formula is C28H24ClN3O4. The molecule has 0 unspecified atom stereocenters. The summed E-state index contributed by atoms with van der Waals surface area (Å²) in [4.78, 5) is 30.8. The van der Waals surface area contributed by atoms with Crippen LogP contribution in [0.15, 0.2) is 77.4 Å². The van der Waals surface area contributed by atoms with Crippen molar-refractivity contribution in [2.75, 3.05) is 26.3 Å². The van der Waals surface area contributed by atoms with Crippen molar-refractivity contribution in [3.05, 3.63) is 95.0 Å². The molecule has 4 aromatic rings. The van der Waals surface area contributed by atoms with Crippen LogP contribution in [0.5, 0.6) is 0 Å². The highest BCUT2D eigenvalue weighted by atomic mass is 35.5. The van der Waals surface area contributed by atoms with Gasteiger partial charge < -0.3 is 19.4 Å². The van der Waals surface area contributed by atoms with Crippen molar-refractivity contribution in [1.29, 1.82) is 0 Å². The number of rotatable bonds is 6. The zero-order chi connectivity index (χ0) is 24.9. The zero-order valence-corrected chi connectivity index (χ0v) is 20.2. The van der Waals surface area contributed by atoms with E-state index in [4.69, 9.17) is 20.8 Å². The van der Waals surface area contributed by atoms with Crippen LogP contribution in [0.4, 0.5) is 0 Å². The van der Waals surface area contributed by atoms with Gasteiger partial charge in [0.2, 0.25) is 5.91 Å². The Morgan fingerprint density at radius 3 is 2.58 bits per heavy atom. The third-order valence-electron chi connectivity index (χ3n) is 5.92. The quantitative estimate of drug-likeness (QED) is 0.378. The fourth-order valence-electron chi connectivity index (χ4n) is 4.04. The van der Waals surface area contributed by atoms with Crippen molar-refractivity contribution in [2.45, 2.75) is 6.54 Å². The van der Waals surface area contributed by atoms with E-state index >= 15 is 0 Å². The summed E-state index contributed by atoms with van der Waals surface area (Å²) in [5.74, 6) is 0.351. The highest BCUT2D eigenvalue weighted by Gasteiger charge is 2.18.